The van der Waals surface area contributed by atoms with Crippen LogP contribution in [0.5, 0.6) is 0 Å². The fourth-order valence-corrected chi connectivity index (χ4v) is 6.17. The minimum absolute atomic E-state index is 0.124. The van der Waals surface area contributed by atoms with Crippen molar-refractivity contribution >= 4 is 40.1 Å². The molecular formula is C23H23ClFN3O2S. The zero-order valence-electron chi connectivity index (χ0n) is 17.2. The summed E-state index contributed by atoms with van der Waals surface area (Å²) in [6, 6.07) is 8.24. The van der Waals surface area contributed by atoms with Crippen LogP contribution in [0.3, 0.4) is 0 Å². The number of aromatic nitrogens is 2. The lowest BCUT2D eigenvalue weighted by Crippen LogP contribution is -2.35. The maximum atomic E-state index is 13.6. The van der Waals surface area contributed by atoms with E-state index in [0.717, 1.165) is 52.9 Å². The summed E-state index contributed by atoms with van der Waals surface area (Å²) < 4.78 is 20.9. The van der Waals surface area contributed by atoms with E-state index in [-0.39, 0.29) is 17.6 Å². The van der Waals surface area contributed by atoms with E-state index < -0.39 is 0 Å². The molecule has 0 bridgehead atoms. The molecule has 5 rings (SSSR count). The number of hydrogen-bond donors (Lipinski definition) is 0. The normalized spacial score (nSPS) is 18.9. The largest absolute Gasteiger partial charge is 0.379 e. The molecule has 0 N–H and O–H groups in total. The van der Waals surface area contributed by atoms with E-state index in [4.69, 9.17) is 16.3 Å². The van der Waals surface area contributed by atoms with Crippen molar-refractivity contribution in [2.24, 2.45) is 0 Å². The molecule has 5 nitrogen and oxygen atoms in total. The molecule has 1 fully saturated rings. The average Bonchev–Trinajstić information content (AvgIpc) is 2.98. The van der Waals surface area contributed by atoms with Gasteiger partial charge in [0.1, 0.15) is 11.6 Å². The van der Waals surface area contributed by atoms with Crippen LogP contribution in [0.2, 0.25) is 5.02 Å². The average molecular weight is 460 g/mol. The molecule has 3 heterocycles. The predicted octanol–water partition coefficient (Wildman–Crippen LogP) is 4.97. The van der Waals surface area contributed by atoms with Gasteiger partial charge in [-0.2, -0.15) is 4.98 Å². The number of thioether (sulfide) groups is 1. The molecule has 0 unspecified atom stereocenters. The van der Waals surface area contributed by atoms with Crippen LogP contribution in [0.25, 0.3) is 22.0 Å². The molecule has 3 aromatic rings. The third-order valence-corrected chi connectivity index (χ3v) is 7.59. The molecule has 2 aromatic carbocycles. The fraction of sp³-hybridized carbons (Fsp3) is 0.391. The van der Waals surface area contributed by atoms with Gasteiger partial charge in [-0.3, -0.25) is 4.57 Å². The van der Waals surface area contributed by atoms with Gasteiger partial charge in [-0.15, -0.1) is 11.8 Å². The number of piperidine rings is 1. The van der Waals surface area contributed by atoms with Gasteiger partial charge < -0.3 is 9.64 Å². The fourth-order valence-electron chi connectivity index (χ4n) is 4.48. The van der Waals surface area contributed by atoms with Crippen LogP contribution in [-0.2, 0) is 11.3 Å². The maximum Gasteiger partial charge on any atom is 0.350 e. The second kappa shape index (κ2) is 8.45. The molecule has 0 aliphatic carbocycles. The first kappa shape index (κ1) is 20.8. The smallest absolute Gasteiger partial charge is 0.350 e. The highest BCUT2D eigenvalue weighted by atomic mass is 35.5. The summed E-state index contributed by atoms with van der Waals surface area (Å²) in [5, 5.41) is 1.46. The first-order valence-electron chi connectivity index (χ1n) is 10.5. The van der Waals surface area contributed by atoms with Gasteiger partial charge in [-0.05, 0) is 43.0 Å². The van der Waals surface area contributed by atoms with Crippen molar-refractivity contribution in [2.75, 3.05) is 30.9 Å². The van der Waals surface area contributed by atoms with E-state index in [2.05, 4.69) is 9.88 Å². The van der Waals surface area contributed by atoms with Crippen molar-refractivity contribution < 1.29 is 9.13 Å². The van der Waals surface area contributed by atoms with Crippen LogP contribution < -0.4 is 10.6 Å². The van der Waals surface area contributed by atoms with E-state index in [0.29, 0.717) is 23.1 Å². The number of anilines is 1. The van der Waals surface area contributed by atoms with Crippen molar-refractivity contribution in [3.63, 3.8) is 0 Å². The Bertz CT molecular complexity index is 1190. The molecule has 0 spiro atoms. The van der Waals surface area contributed by atoms with Crippen molar-refractivity contribution in [3.8, 4) is 11.1 Å². The first-order chi connectivity index (χ1) is 15.1. The van der Waals surface area contributed by atoms with E-state index in [9.17, 15) is 9.18 Å². The molecule has 2 aliphatic heterocycles. The van der Waals surface area contributed by atoms with Crippen LogP contribution >= 0.6 is 23.4 Å². The summed E-state index contributed by atoms with van der Waals surface area (Å²) in [4.78, 5) is 20.8. The molecular weight excluding hydrogens is 437 g/mol. The van der Waals surface area contributed by atoms with Gasteiger partial charge in [0.05, 0.1) is 23.2 Å². The highest BCUT2D eigenvalue weighted by Gasteiger charge is 2.28. The number of hydrogen-bond acceptors (Lipinski definition) is 5. The van der Waals surface area contributed by atoms with E-state index >= 15 is 0 Å². The standard InChI is InChI=1S/C23H23ClFN3O2S/c1-30-16-12-28-20-17(22(26-23(28)29)27-9-3-2-4-10-27)11-18(24)19(21(20)31-13-16)14-5-7-15(25)8-6-14/h5-8,11,16H,2-4,9-10,12-13H2,1H3/t16-/m0/s1. The van der Waals surface area contributed by atoms with Crippen molar-refractivity contribution in [1.82, 2.24) is 9.55 Å². The minimum atomic E-state index is -0.299. The summed E-state index contributed by atoms with van der Waals surface area (Å²) in [6.45, 7) is 2.20. The highest BCUT2D eigenvalue weighted by molar-refractivity contribution is 7.99. The Balaban J connectivity index is 1.82. The molecule has 162 valence electrons. The van der Waals surface area contributed by atoms with E-state index in [1.165, 1.54) is 18.6 Å². The summed E-state index contributed by atoms with van der Waals surface area (Å²) in [5.74, 6) is 1.09. The Morgan fingerprint density at radius 1 is 1.19 bits per heavy atom. The monoisotopic (exact) mass is 459 g/mol. The lowest BCUT2D eigenvalue weighted by atomic mass is 10.0. The van der Waals surface area contributed by atoms with Crippen molar-refractivity contribution in [1.29, 1.82) is 0 Å². The number of halogens is 2. The Hall–Kier alpha value is -2.09. The Morgan fingerprint density at radius 2 is 1.94 bits per heavy atom. The predicted molar refractivity (Wildman–Crippen MR) is 124 cm³/mol. The topological polar surface area (TPSA) is 47.4 Å². The first-order valence-corrected chi connectivity index (χ1v) is 11.9. The van der Waals surface area contributed by atoms with Gasteiger partial charge in [0.15, 0.2) is 0 Å². The van der Waals surface area contributed by atoms with Gasteiger partial charge in [-0.25, -0.2) is 9.18 Å². The second-order valence-corrected chi connectivity index (χ2v) is 9.45. The Morgan fingerprint density at radius 3 is 2.65 bits per heavy atom. The number of ether oxygens (including phenoxy) is 1. The number of methoxy groups -OCH3 is 1. The Labute approximate surface area is 189 Å². The lowest BCUT2D eigenvalue weighted by Gasteiger charge is -2.29. The summed E-state index contributed by atoms with van der Waals surface area (Å²) in [7, 11) is 1.66. The third-order valence-electron chi connectivity index (χ3n) is 6.07. The molecule has 0 amide bonds. The number of rotatable bonds is 3. The summed E-state index contributed by atoms with van der Waals surface area (Å²) in [5.41, 5.74) is 2.21. The van der Waals surface area contributed by atoms with Crippen LogP contribution in [-0.4, -0.2) is 41.6 Å². The van der Waals surface area contributed by atoms with Crippen molar-refractivity contribution in [3.05, 3.63) is 51.7 Å². The quantitative estimate of drug-likeness (QED) is 0.553. The van der Waals surface area contributed by atoms with E-state index in [1.54, 1.807) is 35.6 Å². The van der Waals surface area contributed by atoms with Crippen molar-refractivity contribution in [2.45, 2.75) is 36.8 Å². The molecule has 1 atom stereocenters. The molecule has 8 heteroatoms. The molecule has 2 aliphatic rings. The zero-order valence-corrected chi connectivity index (χ0v) is 18.8. The molecule has 1 aromatic heterocycles. The van der Waals surface area contributed by atoms with Crippen LogP contribution in [0, 0.1) is 5.82 Å². The Kier molecular flexibility index (Phi) is 5.67. The molecule has 1 saturated heterocycles. The van der Waals surface area contributed by atoms with Gasteiger partial charge in [0, 0.05) is 41.8 Å². The maximum absolute atomic E-state index is 13.6. The molecule has 0 radical (unpaired) electrons. The number of benzene rings is 2. The van der Waals surface area contributed by atoms with Crippen LogP contribution in [0.1, 0.15) is 19.3 Å². The number of nitrogens with zero attached hydrogens (tertiary/aromatic N) is 3. The highest BCUT2D eigenvalue weighted by Crippen LogP contribution is 2.45. The van der Waals surface area contributed by atoms with Crippen LogP contribution in [0.4, 0.5) is 10.2 Å². The van der Waals surface area contributed by atoms with E-state index in [1.807, 2.05) is 6.07 Å². The van der Waals surface area contributed by atoms with Gasteiger partial charge >= 0.3 is 5.69 Å². The lowest BCUT2D eigenvalue weighted by molar-refractivity contribution is 0.107. The van der Waals surface area contributed by atoms with Gasteiger partial charge in [0.2, 0.25) is 0 Å². The SMILES string of the molecule is CO[C@@H]1CSc2c(-c3ccc(F)cc3)c(Cl)cc3c(N4CCCCC4)nc(=O)n(c23)C1. The molecule has 0 saturated carbocycles. The van der Waals surface area contributed by atoms with Gasteiger partial charge in [-0.1, -0.05) is 23.7 Å². The second-order valence-electron chi connectivity index (χ2n) is 8.01. The minimum Gasteiger partial charge on any atom is -0.379 e. The zero-order chi connectivity index (χ0) is 21.5. The summed E-state index contributed by atoms with van der Waals surface area (Å²) >= 11 is 8.47. The third kappa shape index (κ3) is 3.73. The molecule has 31 heavy (non-hydrogen) atoms. The van der Waals surface area contributed by atoms with Crippen LogP contribution in [0.15, 0.2) is 40.0 Å². The summed E-state index contributed by atoms with van der Waals surface area (Å²) in [6.07, 6.45) is 3.24. The van der Waals surface area contributed by atoms with Gasteiger partial charge in [0.25, 0.3) is 0 Å².